The Hall–Kier alpha value is -2.89. The van der Waals surface area contributed by atoms with Gasteiger partial charge < -0.3 is 15.0 Å². The van der Waals surface area contributed by atoms with Crippen molar-refractivity contribution in [2.45, 2.75) is 25.3 Å². The predicted octanol–water partition coefficient (Wildman–Crippen LogP) is 2.80. The number of nitrogens with one attached hydrogen (secondary N) is 1. The third-order valence-corrected chi connectivity index (χ3v) is 4.79. The fourth-order valence-electron chi connectivity index (χ4n) is 3.24. The number of nitrogens with zero attached hydrogens (tertiary/aromatic N) is 1. The van der Waals surface area contributed by atoms with E-state index in [1.807, 2.05) is 18.2 Å². The van der Waals surface area contributed by atoms with Gasteiger partial charge in [-0.25, -0.2) is 4.39 Å². The van der Waals surface area contributed by atoms with Crippen LogP contribution in [0.5, 0.6) is 5.75 Å². The summed E-state index contributed by atoms with van der Waals surface area (Å²) in [5.41, 5.74) is 1.26. The Morgan fingerprint density at radius 3 is 2.48 bits per heavy atom. The first-order valence-electron chi connectivity index (χ1n) is 9.03. The minimum Gasteiger partial charge on any atom is -0.494 e. The van der Waals surface area contributed by atoms with Gasteiger partial charge in [0.25, 0.3) is 5.91 Å². The van der Waals surface area contributed by atoms with E-state index in [-0.39, 0.29) is 30.0 Å². The van der Waals surface area contributed by atoms with E-state index in [1.165, 1.54) is 19.2 Å². The number of hydrogen-bond donors (Lipinski definition) is 1. The van der Waals surface area contributed by atoms with Crippen LogP contribution >= 0.6 is 0 Å². The molecule has 3 rings (SSSR count). The van der Waals surface area contributed by atoms with Gasteiger partial charge in [0.1, 0.15) is 0 Å². The molecular weight excluding hydrogens is 347 g/mol. The van der Waals surface area contributed by atoms with E-state index in [0.29, 0.717) is 37.1 Å². The molecule has 2 amide bonds. The highest BCUT2D eigenvalue weighted by molar-refractivity contribution is 5.94. The van der Waals surface area contributed by atoms with Crippen LogP contribution in [0.15, 0.2) is 48.5 Å². The molecular formula is C21H23FN2O3. The van der Waals surface area contributed by atoms with Gasteiger partial charge in [0, 0.05) is 24.7 Å². The van der Waals surface area contributed by atoms with Crippen LogP contribution < -0.4 is 10.1 Å². The number of methoxy groups -OCH3 is 1. The first-order valence-corrected chi connectivity index (χ1v) is 9.03. The number of piperidine rings is 1. The highest BCUT2D eigenvalue weighted by Gasteiger charge is 2.24. The number of hydrogen-bond acceptors (Lipinski definition) is 3. The van der Waals surface area contributed by atoms with Gasteiger partial charge in [-0.1, -0.05) is 24.3 Å². The van der Waals surface area contributed by atoms with E-state index in [4.69, 9.17) is 4.74 Å². The molecule has 1 aliphatic heterocycles. The van der Waals surface area contributed by atoms with Crippen LogP contribution in [0.2, 0.25) is 0 Å². The lowest BCUT2D eigenvalue weighted by Crippen LogP contribution is -2.47. The second-order valence-corrected chi connectivity index (χ2v) is 6.64. The lowest BCUT2D eigenvalue weighted by molar-refractivity contribution is -0.131. The molecule has 0 bridgehead atoms. The highest BCUT2D eigenvalue weighted by atomic mass is 19.1. The van der Waals surface area contributed by atoms with Crippen molar-refractivity contribution < 1.29 is 18.7 Å². The molecule has 6 heteroatoms. The molecule has 0 radical (unpaired) electrons. The third kappa shape index (κ3) is 4.84. The van der Waals surface area contributed by atoms with Crippen LogP contribution in [0.4, 0.5) is 4.39 Å². The van der Waals surface area contributed by atoms with Crippen molar-refractivity contribution in [2.24, 2.45) is 0 Å². The molecule has 0 aromatic heterocycles. The van der Waals surface area contributed by atoms with Crippen LogP contribution in [0, 0.1) is 5.82 Å². The molecule has 1 aliphatic rings. The standard InChI is InChI=1S/C21H23FN2O3/c1-27-19-8-7-15(13-18(19)22)14-20(25)24-11-9-17(10-12-24)23-21(26)16-5-3-2-4-6-16/h2-8,13,17H,9-12,14H2,1H3,(H,23,26). The number of rotatable bonds is 5. The quantitative estimate of drug-likeness (QED) is 0.881. The fourth-order valence-corrected chi connectivity index (χ4v) is 3.24. The summed E-state index contributed by atoms with van der Waals surface area (Å²) >= 11 is 0. The van der Waals surface area contributed by atoms with Crippen molar-refractivity contribution in [1.29, 1.82) is 0 Å². The summed E-state index contributed by atoms with van der Waals surface area (Å²) in [6, 6.07) is 13.7. The van der Waals surface area contributed by atoms with E-state index >= 15 is 0 Å². The largest absolute Gasteiger partial charge is 0.494 e. The Balaban J connectivity index is 1.49. The first kappa shape index (κ1) is 18.9. The zero-order valence-corrected chi connectivity index (χ0v) is 15.3. The normalized spacial score (nSPS) is 14.7. The predicted molar refractivity (Wildman–Crippen MR) is 100 cm³/mol. The molecule has 1 N–H and O–H groups in total. The SMILES string of the molecule is COc1ccc(CC(=O)N2CCC(NC(=O)c3ccccc3)CC2)cc1F. The molecule has 2 aromatic rings. The summed E-state index contributed by atoms with van der Waals surface area (Å²) in [6.45, 7) is 1.16. The van der Waals surface area contributed by atoms with E-state index < -0.39 is 5.82 Å². The molecule has 0 spiro atoms. The van der Waals surface area contributed by atoms with Crippen molar-refractivity contribution in [3.8, 4) is 5.75 Å². The Morgan fingerprint density at radius 2 is 1.85 bits per heavy atom. The first-order chi connectivity index (χ1) is 13.1. The molecule has 1 fully saturated rings. The van der Waals surface area contributed by atoms with Crippen molar-refractivity contribution >= 4 is 11.8 Å². The van der Waals surface area contributed by atoms with Gasteiger partial charge in [-0.3, -0.25) is 9.59 Å². The summed E-state index contributed by atoms with van der Waals surface area (Å²) in [6.07, 6.45) is 1.57. The number of ether oxygens (including phenoxy) is 1. The maximum Gasteiger partial charge on any atom is 0.251 e. The molecule has 0 unspecified atom stereocenters. The van der Waals surface area contributed by atoms with Crippen LogP contribution in [-0.2, 0) is 11.2 Å². The average molecular weight is 370 g/mol. The number of likely N-dealkylation sites (tertiary alicyclic amines) is 1. The summed E-state index contributed by atoms with van der Waals surface area (Å²) in [7, 11) is 1.41. The molecule has 27 heavy (non-hydrogen) atoms. The summed E-state index contributed by atoms with van der Waals surface area (Å²) < 4.78 is 18.7. The zero-order valence-electron chi connectivity index (χ0n) is 15.3. The van der Waals surface area contributed by atoms with E-state index in [9.17, 15) is 14.0 Å². The molecule has 0 aliphatic carbocycles. The number of halogens is 1. The molecule has 2 aromatic carbocycles. The van der Waals surface area contributed by atoms with E-state index in [1.54, 1.807) is 23.1 Å². The molecule has 1 saturated heterocycles. The van der Waals surface area contributed by atoms with Crippen molar-refractivity contribution in [3.63, 3.8) is 0 Å². The van der Waals surface area contributed by atoms with Gasteiger partial charge >= 0.3 is 0 Å². The zero-order chi connectivity index (χ0) is 19.2. The second kappa shape index (κ2) is 8.66. The number of carbonyl (C=O) groups excluding carboxylic acids is 2. The van der Waals surface area contributed by atoms with Gasteiger partial charge in [-0.2, -0.15) is 0 Å². The number of carbonyl (C=O) groups is 2. The van der Waals surface area contributed by atoms with Crippen molar-refractivity contribution in [1.82, 2.24) is 10.2 Å². The van der Waals surface area contributed by atoms with Crippen molar-refractivity contribution in [3.05, 3.63) is 65.5 Å². The number of benzene rings is 2. The Kier molecular flexibility index (Phi) is 6.06. The van der Waals surface area contributed by atoms with Gasteiger partial charge in [-0.05, 0) is 42.7 Å². The Morgan fingerprint density at radius 1 is 1.15 bits per heavy atom. The molecule has 0 atom stereocenters. The van der Waals surface area contributed by atoms with E-state index in [2.05, 4.69) is 5.32 Å². The van der Waals surface area contributed by atoms with Gasteiger partial charge in [-0.15, -0.1) is 0 Å². The summed E-state index contributed by atoms with van der Waals surface area (Å²) in [5, 5.41) is 3.02. The van der Waals surface area contributed by atoms with Crippen LogP contribution in [-0.4, -0.2) is 43.0 Å². The van der Waals surface area contributed by atoms with Gasteiger partial charge in [0.2, 0.25) is 5.91 Å². The summed E-state index contributed by atoms with van der Waals surface area (Å²) in [4.78, 5) is 26.5. The van der Waals surface area contributed by atoms with E-state index in [0.717, 1.165) is 0 Å². The average Bonchev–Trinajstić information content (AvgIpc) is 2.69. The Labute approximate surface area is 158 Å². The third-order valence-electron chi connectivity index (χ3n) is 4.79. The van der Waals surface area contributed by atoms with Crippen LogP contribution in [0.3, 0.4) is 0 Å². The highest BCUT2D eigenvalue weighted by Crippen LogP contribution is 2.19. The molecule has 5 nitrogen and oxygen atoms in total. The van der Waals surface area contributed by atoms with Crippen LogP contribution in [0.1, 0.15) is 28.8 Å². The minimum atomic E-state index is -0.467. The Bertz CT molecular complexity index is 802. The maximum absolute atomic E-state index is 13.8. The second-order valence-electron chi connectivity index (χ2n) is 6.64. The fraction of sp³-hybridized carbons (Fsp3) is 0.333. The molecule has 142 valence electrons. The van der Waals surface area contributed by atoms with Gasteiger partial charge in [0.15, 0.2) is 11.6 Å². The maximum atomic E-state index is 13.8. The minimum absolute atomic E-state index is 0.0348. The van der Waals surface area contributed by atoms with Gasteiger partial charge in [0.05, 0.1) is 13.5 Å². The molecule has 1 heterocycles. The lowest BCUT2D eigenvalue weighted by Gasteiger charge is -2.32. The number of amides is 2. The monoisotopic (exact) mass is 370 g/mol. The smallest absolute Gasteiger partial charge is 0.251 e. The lowest BCUT2D eigenvalue weighted by atomic mass is 10.0. The summed E-state index contributed by atoms with van der Waals surface area (Å²) in [5.74, 6) is -0.423. The molecule has 0 saturated carbocycles. The topological polar surface area (TPSA) is 58.6 Å². The van der Waals surface area contributed by atoms with Crippen molar-refractivity contribution in [2.75, 3.05) is 20.2 Å². The van der Waals surface area contributed by atoms with Crippen LogP contribution in [0.25, 0.3) is 0 Å².